The third-order valence-corrected chi connectivity index (χ3v) is 6.53. The first kappa shape index (κ1) is 21.4. The summed E-state index contributed by atoms with van der Waals surface area (Å²) in [6.07, 6.45) is 0.362. The Morgan fingerprint density at radius 2 is 1.76 bits per heavy atom. The molecule has 156 valence electrons. The van der Waals surface area contributed by atoms with E-state index in [0.29, 0.717) is 24.7 Å². The summed E-state index contributed by atoms with van der Waals surface area (Å²) in [4.78, 5) is 15.0. The van der Waals surface area contributed by atoms with E-state index in [1.165, 1.54) is 24.5 Å². The number of alkyl halides is 3. The number of nitrogens with zero attached hydrogens (tertiary/aromatic N) is 3. The number of likely N-dealkylation sites (tertiary alicyclic amines) is 1. The lowest BCUT2D eigenvalue weighted by Gasteiger charge is -2.40. The first-order valence-corrected chi connectivity index (χ1v) is 10.2. The third kappa shape index (κ3) is 5.62. The molecule has 1 aliphatic heterocycles. The molecule has 0 aliphatic carbocycles. The second-order valence-electron chi connectivity index (χ2n) is 7.55. The van der Waals surface area contributed by atoms with Crippen molar-refractivity contribution in [3.63, 3.8) is 0 Å². The molecule has 0 spiro atoms. The van der Waals surface area contributed by atoms with Gasteiger partial charge in [0, 0.05) is 22.7 Å². The molecule has 2 aromatic rings. The molecule has 29 heavy (non-hydrogen) atoms. The Balaban J connectivity index is 1.54. The summed E-state index contributed by atoms with van der Waals surface area (Å²) in [5, 5.41) is 10.2. The summed E-state index contributed by atoms with van der Waals surface area (Å²) in [6.45, 7) is 5.48. The van der Waals surface area contributed by atoms with Crippen molar-refractivity contribution in [1.29, 1.82) is 0 Å². The number of amides is 2. The van der Waals surface area contributed by atoms with Crippen molar-refractivity contribution < 1.29 is 18.0 Å². The van der Waals surface area contributed by atoms with Crippen molar-refractivity contribution >= 4 is 23.5 Å². The molecule has 2 amide bonds. The van der Waals surface area contributed by atoms with Gasteiger partial charge in [0.2, 0.25) is 0 Å². The molecule has 1 aromatic carbocycles. The van der Waals surface area contributed by atoms with E-state index in [9.17, 15) is 18.0 Å². The lowest BCUT2D eigenvalue weighted by molar-refractivity contribution is -0.137. The molecular weight excluding hydrogens is 401 g/mol. The van der Waals surface area contributed by atoms with Crippen LogP contribution in [0.2, 0.25) is 0 Å². The van der Waals surface area contributed by atoms with Crippen LogP contribution in [0.25, 0.3) is 0 Å². The van der Waals surface area contributed by atoms with Crippen LogP contribution in [-0.2, 0) is 6.18 Å². The highest BCUT2D eigenvalue weighted by atomic mass is 32.2. The van der Waals surface area contributed by atoms with E-state index in [4.69, 9.17) is 0 Å². The van der Waals surface area contributed by atoms with Gasteiger partial charge in [-0.3, -0.25) is 0 Å². The topological polar surface area (TPSA) is 58.1 Å². The van der Waals surface area contributed by atoms with Crippen LogP contribution in [0.4, 0.5) is 23.7 Å². The quantitative estimate of drug-likeness (QED) is 0.676. The van der Waals surface area contributed by atoms with Gasteiger partial charge in [-0.2, -0.15) is 23.4 Å². The fraction of sp³-hybridized carbons (Fsp3) is 0.450. The number of halogens is 3. The predicted octanol–water partition coefficient (Wildman–Crippen LogP) is 5.31. The molecular formula is C20H23F3N4OS. The second kappa shape index (κ2) is 8.61. The van der Waals surface area contributed by atoms with Gasteiger partial charge in [0.25, 0.3) is 0 Å². The van der Waals surface area contributed by atoms with Crippen molar-refractivity contribution in [3.05, 3.63) is 48.3 Å². The van der Waals surface area contributed by atoms with Crippen molar-refractivity contribution in [2.45, 2.75) is 42.5 Å². The Labute approximate surface area is 172 Å². The lowest BCUT2D eigenvalue weighted by Crippen LogP contribution is -2.44. The van der Waals surface area contributed by atoms with Crippen molar-refractivity contribution in [1.82, 2.24) is 15.1 Å². The van der Waals surface area contributed by atoms with Crippen LogP contribution < -0.4 is 5.32 Å². The largest absolute Gasteiger partial charge is 0.416 e. The predicted molar refractivity (Wildman–Crippen MR) is 107 cm³/mol. The van der Waals surface area contributed by atoms with Gasteiger partial charge >= 0.3 is 12.2 Å². The first-order valence-electron chi connectivity index (χ1n) is 9.34. The number of hydrogen-bond donors (Lipinski definition) is 1. The maximum atomic E-state index is 12.7. The Morgan fingerprint density at radius 3 is 2.31 bits per heavy atom. The molecule has 0 radical (unpaired) electrons. The van der Waals surface area contributed by atoms with Crippen molar-refractivity contribution in [2.24, 2.45) is 5.92 Å². The number of piperidine rings is 1. The Bertz CT molecular complexity index is 820. The summed E-state index contributed by atoms with van der Waals surface area (Å²) < 4.78 is 38.1. The number of nitrogens with one attached hydrogen (secondary N) is 1. The number of hydrogen-bond acceptors (Lipinski definition) is 4. The summed E-state index contributed by atoms with van der Waals surface area (Å²) in [5.74, 6) is 0.349. The van der Waals surface area contributed by atoms with Crippen LogP contribution >= 0.6 is 11.8 Å². The monoisotopic (exact) mass is 424 g/mol. The average molecular weight is 424 g/mol. The molecule has 0 saturated carbocycles. The fourth-order valence-electron chi connectivity index (χ4n) is 3.44. The van der Waals surface area contributed by atoms with E-state index in [0.717, 1.165) is 29.9 Å². The van der Waals surface area contributed by atoms with Gasteiger partial charge in [0.1, 0.15) is 0 Å². The maximum Gasteiger partial charge on any atom is 0.416 e. The van der Waals surface area contributed by atoms with E-state index in [2.05, 4.69) is 29.4 Å². The lowest BCUT2D eigenvalue weighted by atomic mass is 9.86. The standard InChI is InChI=1S/C20H23F3N4OS/c1-19(2,29-17-5-3-15(4-6-17)20(21,22)23)14-8-11-27(12-9-14)18(28)26-16-7-10-24-25-13-16/h3-7,10,13-14H,8-9,11-12H2,1-2H3,(H,24,26,28). The second-order valence-corrected chi connectivity index (χ2v) is 9.28. The Morgan fingerprint density at radius 1 is 1.10 bits per heavy atom. The highest BCUT2D eigenvalue weighted by Gasteiger charge is 2.35. The molecule has 0 bridgehead atoms. The third-order valence-electron chi connectivity index (χ3n) is 5.16. The number of rotatable bonds is 4. The smallest absolute Gasteiger partial charge is 0.325 e. The van der Waals surface area contributed by atoms with E-state index in [1.807, 2.05) is 0 Å². The van der Waals surface area contributed by atoms with Gasteiger partial charge in [-0.15, -0.1) is 11.8 Å². The molecule has 0 atom stereocenters. The van der Waals surface area contributed by atoms with E-state index in [1.54, 1.807) is 22.7 Å². The highest BCUT2D eigenvalue weighted by Crippen LogP contribution is 2.43. The fourth-order valence-corrected chi connectivity index (χ4v) is 4.73. The summed E-state index contributed by atoms with van der Waals surface area (Å²) in [5.41, 5.74) is -0.0336. The molecule has 9 heteroatoms. The SMILES string of the molecule is CC(C)(Sc1ccc(C(F)(F)F)cc1)C1CCN(C(=O)Nc2ccnnc2)CC1. The molecule has 0 unspecified atom stereocenters. The van der Waals surface area contributed by atoms with Gasteiger partial charge in [0.05, 0.1) is 23.6 Å². The molecule has 1 fully saturated rings. The van der Waals surface area contributed by atoms with Crippen molar-refractivity contribution in [2.75, 3.05) is 18.4 Å². The summed E-state index contributed by atoms with van der Waals surface area (Å²) in [7, 11) is 0. The van der Waals surface area contributed by atoms with Gasteiger partial charge in [-0.05, 0) is 49.1 Å². The molecule has 1 aromatic heterocycles. The minimum Gasteiger partial charge on any atom is -0.325 e. The van der Waals surface area contributed by atoms with Crippen LogP contribution in [-0.4, -0.2) is 39.0 Å². The van der Waals surface area contributed by atoms with Crippen LogP contribution in [0, 0.1) is 5.92 Å². The zero-order chi connectivity index (χ0) is 21.1. The van der Waals surface area contributed by atoms with Gasteiger partial charge in [-0.25, -0.2) is 4.79 Å². The Kier molecular flexibility index (Phi) is 6.36. The van der Waals surface area contributed by atoms with E-state index < -0.39 is 11.7 Å². The van der Waals surface area contributed by atoms with Gasteiger partial charge < -0.3 is 10.2 Å². The average Bonchev–Trinajstić information content (AvgIpc) is 2.68. The molecule has 1 aliphatic rings. The zero-order valence-electron chi connectivity index (χ0n) is 16.2. The van der Waals surface area contributed by atoms with Crippen LogP contribution in [0.1, 0.15) is 32.3 Å². The molecule has 3 rings (SSSR count). The van der Waals surface area contributed by atoms with Crippen LogP contribution in [0.15, 0.2) is 47.6 Å². The maximum absolute atomic E-state index is 12.7. The van der Waals surface area contributed by atoms with Gasteiger partial charge in [0.15, 0.2) is 0 Å². The van der Waals surface area contributed by atoms with Crippen LogP contribution in [0.3, 0.4) is 0 Å². The van der Waals surface area contributed by atoms with Gasteiger partial charge in [-0.1, -0.05) is 13.8 Å². The molecule has 2 heterocycles. The number of thioether (sulfide) groups is 1. The number of carbonyl (C=O) groups excluding carboxylic acids is 1. The van der Waals surface area contributed by atoms with Crippen molar-refractivity contribution in [3.8, 4) is 0 Å². The number of urea groups is 1. The van der Waals surface area contributed by atoms with Crippen LogP contribution in [0.5, 0.6) is 0 Å². The number of carbonyl (C=O) groups is 1. The van der Waals surface area contributed by atoms with E-state index >= 15 is 0 Å². The minimum atomic E-state index is -4.32. The number of anilines is 1. The zero-order valence-corrected chi connectivity index (χ0v) is 17.1. The number of benzene rings is 1. The van der Waals surface area contributed by atoms with E-state index in [-0.39, 0.29) is 10.8 Å². The Hall–Kier alpha value is -2.29. The molecule has 1 saturated heterocycles. The number of aromatic nitrogens is 2. The first-order chi connectivity index (χ1) is 13.6. The molecule has 1 N–H and O–H groups in total. The summed E-state index contributed by atoms with van der Waals surface area (Å²) >= 11 is 1.58. The molecule has 5 nitrogen and oxygen atoms in total. The normalized spacial score (nSPS) is 16.0. The summed E-state index contributed by atoms with van der Waals surface area (Å²) in [6, 6.07) is 6.82. The minimum absolute atomic E-state index is 0.155. The highest BCUT2D eigenvalue weighted by molar-refractivity contribution is 8.00.